The number of morpholine rings is 1. The van der Waals surface area contributed by atoms with Crippen LogP contribution < -0.4 is 10.2 Å². The molecule has 0 spiro atoms. The summed E-state index contributed by atoms with van der Waals surface area (Å²) in [5, 5.41) is 3.51. The lowest BCUT2D eigenvalue weighted by Gasteiger charge is -2.29. The van der Waals surface area contributed by atoms with E-state index in [-0.39, 0.29) is 0 Å². The highest BCUT2D eigenvalue weighted by atomic mass is 16.5. The second-order valence-corrected chi connectivity index (χ2v) is 4.71. The van der Waals surface area contributed by atoms with Crippen LogP contribution in [-0.4, -0.2) is 32.8 Å². The first-order valence-electron chi connectivity index (χ1n) is 7.01. The van der Waals surface area contributed by atoms with Crippen molar-refractivity contribution in [3.63, 3.8) is 0 Å². The number of nitrogens with zero attached hydrogens (tertiary/aromatic N) is 1. The zero-order valence-electron chi connectivity index (χ0n) is 11.5. The van der Waals surface area contributed by atoms with Crippen LogP contribution in [0.1, 0.15) is 31.9 Å². The van der Waals surface area contributed by atoms with Gasteiger partial charge in [-0.3, -0.25) is 0 Å². The molecule has 1 aromatic rings. The van der Waals surface area contributed by atoms with E-state index in [2.05, 4.69) is 48.3 Å². The van der Waals surface area contributed by atoms with Crippen LogP contribution in [0.5, 0.6) is 0 Å². The van der Waals surface area contributed by atoms with Crippen molar-refractivity contribution >= 4 is 5.69 Å². The first kappa shape index (κ1) is 13.4. The fourth-order valence-electron chi connectivity index (χ4n) is 2.48. The fourth-order valence-corrected chi connectivity index (χ4v) is 2.48. The van der Waals surface area contributed by atoms with Crippen LogP contribution in [0.15, 0.2) is 24.3 Å². The van der Waals surface area contributed by atoms with Gasteiger partial charge in [0, 0.05) is 24.8 Å². The van der Waals surface area contributed by atoms with E-state index in [0.717, 1.165) is 39.3 Å². The van der Waals surface area contributed by atoms with E-state index < -0.39 is 0 Å². The molecule has 2 rings (SSSR count). The summed E-state index contributed by atoms with van der Waals surface area (Å²) < 4.78 is 5.38. The number of hydrogen-bond donors (Lipinski definition) is 1. The molecule has 1 unspecified atom stereocenters. The summed E-state index contributed by atoms with van der Waals surface area (Å²) in [6.07, 6.45) is 1.13. The molecule has 1 aliphatic heterocycles. The highest BCUT2D eigenvalue weighted by molar-refractivity contribution is 5.48. The van der Waals surface area contributed by atoms with Gasteiger partial charge in [-0.25, -0.2) is 0 Å². The molecule has 1 saturated heterocycles. The van der Waals surface area contributed by atoms with Crippen molar-refractivity contribution < 1.29 is 4.74 Å². The number of nitrogens with one attached hydrogen (secondary N) is 1. The van der Waals surface area contributed by atoms with Gasteiger partial charge in [-0.2, -0.15) is 0 Å². The molecule has 3 heteroatoms. The van der Waals surface area contributed by atoms with E-state index in [1.807, 2.05) is 0 Å². The van der Waals surface area contributed by atoms with E-state index in [0.29, 0.717) is 6.04 Å². The first-order valence-corrected chi connectivity index (χ1v) is 7.01. The third-order valence-electron chi connectivity index (χ3n) is 3.53. The van der Waals surface area contributed by atoms with Crippen molar-refractivity contribution in [1.82, 2.24) is 5.32 Å². The summed E-state index contributed by atoms with van der Waals surface area (Å²) in [7, 11) is 0. The molecule has 0 aliphatic carbocycles. The Balaban J connectivity index is 2.03. The Hall–Kier alpha value is -1.06. The van der Waals surface area contributed by atoms with E-state index in [4.69, 9.17) is 4.74 Å². The first-order chi connectivity index (χ1) is 8.85. The summed E-state index contributed by atoms with van der Waals surface area (Å²) >= 11 is 0. The second kappa shape index (κ2) is 6.76. The Bertz CT molecular complexity index is 320. The van der Waals surface area contributed by atoms with Crippen LogP contribution in [0.25, 0.3) is 0 Å². The summed E-state index contributed by atoms with van der Waals surface area (Å²) in [6, 6.07) is 9.46. The molecule has 18 heavy (non-hydrogen) atoms. The molecule has 1 fully saturated rings. The van der Waals surface area contributed by atoms with Gasteiger partial charge in [0.1, 0.15) is 0 Å². The van der Waals surface area contributed by atoms with Gasteiger partial charge in [-0.05, 0) is 30.7 Å². The summed E-state index contributed by atoms with van der Waals surface area (Å²) in [5.41, 5.74) is 2.70. The van der Waals surface area contributed by atoms with E-state index in [1.54, 1.807) is 0 Å². The molecule has 0 aromatic heterocycles. The molecule has 1 heterocycles. The Kier molecular flexibility index (Phi) is 5.02. The van der Waals surface area contributed by atoms with Crippen LogP contribution in [0.2, 0.25) is 0 Å². The van der Waals surface area contributed by atoms with Gasteiger partial charge >= 0.3 is 0 Å². The van der Waals surface area contributed by atoms with E-state index in [1.165, 1.54) is 11.3 Å². The molecule has 0 saturated carbocycles. The SMILES string of the molecule is CCNC(CC)c1ccc(N2CCOCC2)cc1. The van der Waals surface area contributed by atoms with Gasteiger partial charge in [0.2, 0.25) is 0 Å². The average molecular weight is 248 g/mol. The van der Waals surface area contributed by atoms with Gasteiger partial charge in [-0.1, -0.05) is 26.0 Å². The lowest BCUT2D eigenvalue weighted by molar-refractivity contribution is 0.122. The second-order valence-electron chi connectivity index (χ2n) is 4.71. The highest BCUT2D eigenvalue weighted by Gasteiger charge is 2.12. The monoisotopic (exact) mass is 248 g/mol. The minimum Gasteiger partial charge on any atom is -0.378 e. The van der Waals surface area contributed by atoms with Crippen LogP contribution in [0.4, 0.5) is 5.69 Å². The maximum atomic E-state index is 5.38. The maximum Gasteiger partial charge on any atom is 0.0642 e. The summed E-state index contributed by atoms with van der Waals surface area (Å²) in [4.78, 5) is 2.39. The summed E-state index contributed by atoms with van der Waals surface area (Å²) in [6.45, 7) is 9.10. The third-order valence-corrected chi connectivity index (χ3v) is 3.53. The third kappa shape index (κ3) is 3.24. The Morgan fingerprint density at radius 1 is 1.17 bits per heavy atom. The Morgan fingerprint density at radius 2 is 1.83 bits per heavy atom. The van der Waals surface area contributed by atoms with Gasteiger partial charge < -0.3 is 15.0 Å². The van der Waals surface area contributed by atoms with Gasteiger partial charge in [-0.15, -0.1) is 0 Å². The normalized spacial score (nSPS) is 17.8. The number of ether oxygens (including phenoxy) is 1. The molecule has 0 radical (unpaired) electrons. The Morgan fingerprint density at radius 3 is 2.39 bits per heavy atom. The molecule has 1 aromatic carbocycles. The maximum absolute atomic E-state index is 5.38. The van der Waals surface area contributed by atoms with Gasteiger partial charge in [0.25, 0.3) is 0 Å². The summed E-state index contributed by atoms with van der Waals surface area (Å²) in [5.74, 6) is 0. The van der Waals surface area contributed by atoms with Crippen molar-refractivity contribution in [2.75, 3.05) is 37.7 Å². The fraction of sp³-hybridized carbons (Fsp3) is 0.600. The molecule has 100 valence electrons. The van der Waals surface area contributed by atoms with E-state index >= 15 is 0 Å². The van der Waals surface area contributed by atoms with Gasteiger partial charge in [0.15, 0.2) is 0 Å². The molecule has 1 aliphatic rings. The minimum absolute atomic E-state index is 0.480. The lowest BCUT2D eigenvalue weighted by Crippen LogP contribution is -2.36. The molecule has 1 atom stereocenters. The number of hydrogen-bond acceptors (Lipinski definition) is 3. The molecule has 1 N–H and O–H groups in total. The van der Waals surface area contributed by atoms with Crippen molar-refractivity contribution in [3.05, 3.63) is 29.8 Å². The Labute approximate surface area is 110 Å². The molecule has 0 bridgehead atoms. The molecule has 0 amide bonds. The largest absolute Gasteiger partial charge is 0.378 e. The van der Waals surface area contributed by atoms with Crippen LogP contribution in [0.3, 0.4) is 0 Å². The number of rotatable bonds is 5. The number of benzene rings is 1. The van der Waals surface area contributed by atoms with E-state index in [9.17, 15) is 0 Å². The molecular weight excluding hydrogens is 224 g/mol. The van der Waals surface area contributed by atoms with Crippen molar-refractivity contribution in [2.45, 2.75) is 26.3 Å². The predicted molar refractivity (Wildman–Crippen MR) is 76.2 cm³/mol. The smallest absolute Gasteiger partial charge is 0.0642 e. The van der Waals surface area contributed by atoms with Crippen LogP contribution in [-0.2, 0) is 4.74 Å². The topological polar surface area (TPSA) is 24.5 Å². The zero-order chi connectivity index (χ0) is 12.8. The molecule has 3 nitrogen and oxygen atoms in total. The van der Waals surface area contributed by atoms with Crippen molar-refractivity contribution in [1.29, 1.82) is 0 Å². The van der Waals surface area contributed by atoms with Crippen LogP contribution >= 0.6 is 0 Å². The standard InChI is InChI=1S/C15H24N2O/c1-3-15(16-4-2)13-5-7-14(8-6-13)17-9-11-18-12-10-17/h5-8,15-16H,3-4,9-12H2,1-2H3. The average Bonchev–Trinajstić information content (AvgIpc) is 2.46. The predicted octanol–water partition coefficient (Wildman–Crippen LogP) is 2.58. The van der Waals surface area contributed by atoms with Crippen molar-refractivity contribution in [2.24, 2.45) is 0 Å². The quantitative estimate of drug-likeness (QED) is 0.867. The van der Waals surface area contributed by atoms with Crippen LogP contribution in [0, 0.1) is 0 Å². The van der Waals surface area contributed by atoms with Crippen molar-refractivity contribution in [3.8, 4) is 0 Å². The van der Waals surface area contributed by atoms with Gasteiger partial charge in [0.05, 0.1) is 13.2 Å². The highest BCUT2D eigenvalue weighted by Crippen LogP contribution is 2.21. The number of anilines is 1. The zero-order valence-corrected chi connectivity index (χ0v) is 11.5. The lowest BCUT2D eigenvalue weighted by atomic mass is 10.0. The minimum atomic E-state index is 0.480. The molecular formula is C15H24N2O.